The summed E-state index contributed by atoms with van der Waals surface area (Å²) in [5, 5.41) is 16.9. The molecule has 1 N–H and O–H groups in total. The Morgan fingerprint density at radius 2 is 2.53 bits per heavy atom. The van der Waals surface area contributed by atoms with Crippen molar-refractivity contribution < 1.29 is 9.53 Å². The van der Waals surface area contributed by atoms with Crippen LogP contribution in [0.15, 0.2) is 12.5 Å². The zero-order valence-electron chi connectivity index (χ0n) is 7.91. The predicted octanol–water partition coefficient (Wildman–Crippen LogP) is -0.438. The van der Waals surface area contributed by atoms with Gasteiger partial charge in [-0.1, -0.05) is 0 Å². The van der Waals surface area contributed by atoms with Crippen molar-refractivity contribution in [1.29, 1.82) is 0 Å². The molecule has 15 heavy (non-hydrogen) atoms. The van der Waals surface area contributed by atoms with Crippen molar-refractivity contribution in [1.82, 2.24) is 30.4 Å². The minimum atomic E-state index is -0.461. The fourth-order valence-electron chi connectivity index (χ4n) is 1.08. The van der Waals surface area contributed by atoms with Crippen LogP contribution in [0.1, 0.15) is 17.3 Å². The minimum absolute atomic E-state index is 0.296. The zero-order valence-corrected chi connectivity index (χ0v) is 7.91. The molecular weight excluding hydrogens is 200 g/mol. The first-order valence-corrected chi connectivity index (χ1v) is 4.26. The van der Waals surface area contributed by atoms with E-state index in [0.717, 1.165) is 0 Å². The molecule has 8 heteroatoms. The van der Waals surface area contributed by atoms with E-state index in [1.165, 1.54) is 17.2 Å². The van der Waals surface area contributed by atoms with Gasteiger partial charge in [-0.25, -0.2) is 4.79 Å². The van der Waals surface area contributed by atoms with Crippen LogP contribution < -0.4 is 0 Å². The molecule has 2 aromatic heterocycles. The highest BCUT2D eigenvalue weighted by Crippen LogP contribution is 2.09. The van der Waals surface area contributed by atoms with Crippen LogP contribution in [0.4, 0.5) is 0 Å². The maximum Gasteiger partial charge on any atom is 0.343 e. The molecule has 2 heterocycles. The lowest BCUT2D eigenvalue weighted by atomic mass is 10.3. The maximum absolute atomic E-state index is 11.5. The normalized spacial score (nSPS) is 10.2. The number of nitrogens with zero attached hydrogens (tertiary/aromatic N) is 5. The van der Waals surface area contributed by atoms with E-state index in [9.17, 15) is 4.79 Å². The minimum Gasteiger partial charge on any atom is -0.462 e. The third-order valence-electron chi connectivity index (χ3n) is 1.69. The highest BCUT2D eigenvalue weighted by Gasteiger charge is 2.16. The number of nitrogens with one attached hydrogen (secondary N) is 1. The fraction of sp³-hybridized carbons (Fsp3) is 0.286. The van der Waals surface area contributed by atoms with Gasteiger partial charge in [0.2, 0.25) is 0 Å². The van der Waals surface area contributed by atoms with E-state index in [0.29, 0.717) is 18.0 Å². The Bertz CT molecular complexity index is 448. The molecule has 0 amide bonds. The number of H-pyrrole nitrogens is 1. The molecule has 2 aromatic rings. The molecule has 78 valence electrons. The topological polar surface area (TPSA) is 98.6 Å². The number of hydrogen-bond acceptors (Lipinski definition) is 6. The lowest BCUT2D eigenvalue weighted by Gasteiger charge is -2.00. The molecule has 2 rings (SSSR count). The van der Waals surface area contributed by atoms with Gasteiger partial charge in [-0.05, 0) is 17.4 Å². The quantitative estimate of drug-likeness (QED) is 0.686. The van der Waals surface area contributed by atoms with Crippen molar-refractivity contribution in [2.45, 2.75) is 6.92 Å². The number of tetrazole rings is 1. The number of carbonyl (C=O) groups is 1. The van der Waals surface area contributed by atoms with Crippen molar-refractivity contribution >= 4 is 5.97 Å². The Labute approximate surface area is 84.2 Å². The summed E-state index contributed by atoms with van der Waals surface area (Å²) in [4.78, 5) is 11.5. The van der Waals surface area contributed by atoms with Crippen LogP contribution >= 0.6 is 0 Å². The third-order valence-corrected chi connectivity index (χ3v) is 1.69. The van der Waals surface area contributed by atoms with Crippen LogP contribution in [-0.2, 0) is 4.74 Å². The average Bonchev–Trinajstić information content (AvgIpc) is 2.88. The Balaban J connectivity index is 2.34. The van der Waals surface area contributed by atoms with E-state index in [1.54, 1.807) is 6.92 Å². The molecule has 0 bridgehead atoms. The summed E-state index contributed by atoms with van der Waals surface area (Å²) in [5.74, 6) is -0.0739. The Kier molecular flexibility index (Phi) is 2.40. The van der Waals surface area contributed by atoms with Crippen molar-refractivity contribution in [3.05, 3.63) is 18.1 Å². The van der Waals surface area contributed by atoms with Gasteiger partial charge in [0.25, 0.3) is 0 Å². The molecule has 8 nitrogen and oxygen atoms in total. The van der Waals surface area contributed by atoms with Gasteiger partial charge in [-0.3, -0.25) is 5.10 Å². The van der Waals surface area contributed by atoms with Crippen molar-refractivity contribution in [2.75, 3.05) is 6.61 Å². The van der Waals surface area contributed by atoms with E-state index in [1.807, 2.05) is 0 Å². The van der Waals surface area contributed by atoms with Gasteiger partial charge in [0.1, 0.15) is 11.9 Å². The second kappa shape index (κ2) is 3.86. The predicted molar refractivity (Wildman–Crippen MR) is 47.3 cm³/mol. The summed E-state index contributed by atoms with van der Waals surface area (Å²) in [6, 6.07) is 0. The van der Waals surface area contributed by atoms with E-state index in [2.05, 4.69) is 25.7 Å². The Morgan fingerprint density at radius 1 is 1.67 bits per heavy atom. The Morgan fingerprint density at radius 3 is 3.20 bits per heavy atom. The number of rotatable bonds is 3. The lowest BCUT2D eigenvalue weighted by molar-refractivity contribution is 0.0526. The molecular formula is C7H8N6O2. The van der Waals surface area contributed by atoms with Crippen molar-refractivity contribution in [3.8, 4) is 5.82 Å². The summed E-state index contributed by atoms with van der Waals surface area (Å²) < 4.78 is 6.15. The van der Waals surface area contributed by atoms with Gasteiger partial charge in [0.15, 0.2) is 5.82 Å². The SMILES string of the molecule is CCOC(=O)c1cn[nH]c1-n1cnnn1. The molecule has 0 unspecified atom stereocenters. The largest absolute Gasteiger partial charge is 0.462 e. The van der Waals surface area contributed by atoms with Crippen molar-refractivity contribution in [3.63, 3.8) is 0 Å². The standard InChI is InChI=1S/C7H8N6O2/c1-2-15-7(14)5-3-8-10-6(5)13-4-9-11-12-13/h3-4H,2H2,1H3,(H,8,10). The zero-order chi connectivity index (χ0) is 10.7. The summed E-state index contributed by atoms with van der Waals surface area (Å²) in [7, 11) is 0. The summed E-state index contributed by atoms with van der Waals surface area (Å²) in [6.07, 6.45) is 2.73. The third kappa shape index (κ3) is 1.68. The van der Waals surface area contributed by atoms with Crippen molar-refractivity contribution in [2.24, 2.45) is 0 Å². The molecule has 0 saturated carbocycles. The fourth-order valence-corrected chi connectivity index (χ4v) is 1.08. The monoisotopic (exact) mass is 208 g/mol. The number of ether oxygens (including phenoxy) is 1. The molecule has 0 aromatic carbocycles. The molecule has 0 aliphatic rings. The highest BCUT2D eigenvalue weighted by atomic mass is 16.5. The van der Waals surface area contributed by atoms with Gasteiger partial charge >= 0.3 is 5.97 Å². The van der Waals surface area contributed by atoms with E-state index in [4.69, 9.17) is 4.74 Å². The second-order valence-electron chi connectivity index (χ2n) is 2.61. The summed E-state index contributed by atoms with van der Waals surface area (Å²) in [6.45, 7) is 2.04. The number of aromatic nitrogens is 6. The molecule has 0 radical (unpaired) electrons. The first kappa shape index (κ1) is 9.31. The summed E-state index contributed by atoms with van der Waals surface area (Å²) in [5.41, 5.74) is 0.296. The molecule has 0 spiro atoms. The first-order chi connectivity index (χ1) is 7.33. The van der Waals surface area contributed by atoms with Crippen LogP contribution in [0.25, 0.3) is 5.82 Å². The molecule has 0 atom stereocenters. The first-order valence-electron chi connectivity index (χ1n) is 4.26. The average molecular weight is 208 g/mol. The van der Waals surface area contributed by atoms with Gasteiger partial charge in [0, 0.05) is 0 Å². The number of esters is 1. The van der Waals surface area contributed by atoms with Gasteiger partial charge < -0.3 is 4.74 Å². The smallest absolute Gasteiger partial charge is 0.343 e. The van der Waals surface area contributed by atoms with E-state index < -0.39 is 5.97 Å². The van der Waals surface area contributed by atoms with E-state index in [-0.39, 0.29) is 0 Å². The van der Waals surface area contributed by atoms with Crippen LogP contribution in [0.3, 0.4) is 0 Å². The number of aromatic amines is 1. The maximum atomic E-state index is 11.5. The van der Waals surface area contributed by atoms with Crippen LogP contribution in [0, 0.1) is 0 Å². The molecule has 0 aliphatic heterocycles. The van der Waals surface area contributed by atoms with Crippen LogP contribution in [0.2, 0.25) is 0 Å². The number of carbonyl (C=O) groups excluding carboxylic acids is 1. The van der Waals surface area contributed by atoms with Gasteiger partial charge in [-0.15, -0.1) is 5.10 Å². The number of hydrogen-bond donors (Lipinski definition) is 1. The Hall–Kier alpha value is -2.25. The highest BCUT2D eigenvalue weighted by molar-refractivity contribution is 5.92. The van der Waals surface area contributed by atoms with E-state index >= 15 is 0 Å². The lowest BCUT2D eigenvalue weighted by Crippen LogP contribution is -2.08. The molecule has 0 aliphatic carbocycles. The summed E-state index contributed by atoms with van der Waals surface area (Å²) >= 11 is 0. The van der Waals surface area contributed by atoms with Crippen LogP contribution in [-0.4, -0.2) is 43.0 Å². The van der Waals surface area contributed by atoms with Gasteiger partial charge in [-0.2, -0.15) is 9.78 Å². The second-order valence-corrected chi connectivity index (χ2v) is 2.61. The molecule has 0 fully saturated rings. The molecule has 0 saturated heterocycles. The van der Waals surface area contributed by atoms with Gasteiger partial charge in [0.05, 0.1) is 12.8 Å². The van der Waals surface area contributed by atoms with Crippen LogP contribution in [0.5, 0.6) is 0 Å².